The van der Waals surface area contributed by atoms with Crippen LogP contribution < -0.4 is 0 Å². The maximum atomic E-state index is 13.7. The Morgan fingerprint density at radius 2 is 1.37 bits per heavy atom. The van der Waals surface area contributed by atoms with Crippen molar-refractivity contribution in [2.24, 2.45) is 5.92 Å². The van der Waals surface area contributed by atoms with E-state index in [0.717, 1.165) is 18.1 Å². The fourth-order valence-corrected chi connectivity index (χ4v) is 12.6. The van der Waals surface area contributed by atoms with Crippen molar-refractivity contribution in [2.75, 3.05) is 26.1 Å². The highest BCUT2D eigenvalue weighted by Gasteiger charge is 2.49. The van der Waals surface area contributed by atoms with Gasteiger partial charge in [0, 0.05) is 26.1 Å². The van der Waals surface area contributed by atoms with Crippen LogP contribution in [0.2, 0.25) is 54.4 Å². The van der Waals surface area contributed by atoms with Gasteiger partial charge in [0.25, 0.3) is 0 Å². The molecule has 2 unspecified atom stereocenters. The van der Waals surface area contributed by atoms with Gasteiger partial charge in [0.1, 0.15) is 0 Å². The van der Waals surface area contributed by atoms with Gasteiger partial charge in [-0.3, -0.25) is 0 Å². The van der Waals surface area contributed by atoms with E-state index in [0.29, 0.717) is 31.0 Å². The highest BCUT2D eigenvalue weighted by Crippen LogP contribution is 2.42. The number of rotatable bonds is 18. The Labute approximate surface area is 286 Å². The average Bonchev–Trinajstić information content (AvgIpc) is 3.28. The topological polar surface area (TPSA) is 80.3 Å². The van der Waals surface area contributed by atoms with Crippen LogP contribution in [0.4, 0.5) is 0 Å². The van der Waals surface area contributed by atoms with Gasteiger partial charge in [-0.15, -0.1) is 0 Å². The van der Waals surface area contributed by atoms with Gasteiger partial charge in [0.05, 0.1) is 41.7 Å². The maximum absolute atomic E-state index is 13.7. The SMILES string of the molecule is CC[Si](CC)(CC)OCCC1OC(C[C@@H](CO[Si](C)(C)C(C)(C)C)O[Si](C)(C)C(C)(C)C)[C@H](OC)[C@H]1CS(=O)(=O)c1ccccc1. The van der Waals surface area contributed by atoms with E-state index >= 15 is 0 Å². The molecule has 2 rings (SSSR count). The number of hydrogen-bond donors (Lipinski definition) is 0. The third-order valence-corrected chi connectivity index (χ3v) is 26.9. The quantitative estimate of drug-likeness (QED) is 0.140. The monoisotopic (exact) mass is 716 g/mol. The molecule has 0 bridgehead atoms. The average molecular weight is 717 g/mol. The molecule has 11 heteroatoms. The van der Waals surface area contributed by atoms with E-state index in [4.69, 9.17) is 22.8 Å². The molecule has 1 aliphatic rings. The number of ether oxygens (including phenoxy) is 2. The molecule has 0 N–H and O–H groups in total. The molecule has 7 nitrogen and oxygen atoms in total. The summed E-state index contributed by atoms with van der Waals surface area (Å²) in [5.74, 6) is -0.373. The van der Waals surface area contributed by atoms with Crippen LogP contribution in [0.5, 0.6) is 0 Å². The first-order valence-electron chi connectivity index (χ1n) is 17.5. The first-order chi connectivity index (χ1) is 21.1. The summed E-state index contributed by atoms with van der Waals surface area (Å²) >= 11 is 0. The van der Waals surface area contributed by atoms with Crippen LogP contribution in [-0.4, -0.2) is 83.9 Å². The predicted octanol–water partition coefficient (Wildman–Crippen LogP) is 9.07. The summed E-state index contributed by atoms with van der Waals surface area (Å²) in [6.45, 7) is 30.3. The van der Waals surface area contributed by atoms with Crippen LogP contribution in [0.25, 0.3) is 0 Å². The summed E-state index contributed by atoms with van der Waals surface area (Å²) in [6.07, 6.45) is -0.00768. The van der Waals surface area contributed by atoms with Gasteiger partial charge < -0.3 is 22.8 Å². The molecule has 1 aliphatic heterocycles. The first kappa shape index (κ1) is 41.8. The minimum Gasteiger partial charge on any atom is -0.417 e. The van der Waals surface area contributed by atoms with E-state index < -0.39 is 40.9 Å². The molecule has 5 atom stereocenters. The molecule has 46 heavy (non-hydrogen) atoms. The summed E-state index contributed by atoms with van der Waals surface area (Å²) in [5.41, 5.74) is 0. The Hall–Kier alpha value is -0.379. The molecule has 1 saturated heterocycles. The molecule has 268 valence electrons. The van der Waals surface area contributed by atoms with Crippen LogP contribution in [0.15, 0.2) is 35.2 Å². The lowest BCUT2D eigenvalue weighted by Crippen LogP contribution is -2.49. The van der Waals surface area contributed by atoms with Gasteiger partial charge in [-0.25, -0.2) is 8.42 Å². The lowest BCUT2D eigenvalue weighted by atomic mass is 9.94. The van der Waals surface area contributed by atoms with Crippen molar-refractivity contribution in [2.45, 2.75) is 159 Å². The Balaban J connectivity index is 2.43. The van der Waals surface area contributed by atoms with Crippen LogP contribution in [0.1, 0.15) is 75.2 Å². The second-order valence-corrected chi connectivity index (χ2v) is 32.7. The Morgan fingerprint density at radius 1 is 0.826 bits per heavy atom. The van der Waals surface area contributed by atoms with Gasteiger partial charge in [0.2, 0.25) is 0 Å². The van der Waals surface area contributed by atoms with E-state index in [-0.39, 0.29) is 40.1 Å². The zero-order chi connectivity index (χ0) is 35.2. The third-order valence-electron chi connectivity index (χ3n) is 11.3. The van der Waals surface area contributed by atoms with Crippen LogP contribution in [0.3, 0.4) is 0 Å². The molecule has 1 fully saturated rings. The van der Waals surface area contributed by atoms with Gasteiger partial charge in [-0.1, -0.05) is 80.5 Å². The summed E-state index contributed by atoms with van der Waals surface area (Å²) in [4.78, 5) is 0.333. The Kier molecular flexibility index (Phi) is 15.0. The van der Waals surface area contributed by atoms with Crippen LogP contribution in [0, 0.1) is 5.92 Å². The second-order valence-electron chi connectivity index (χ2n) is 16.4. The number of sulfone groups is 1. The lowest BCUT2D eigenvalue weighted by Gasteiger charge is -2.42. The normalized spacial score (nSPS) is 22.7. The van der Waals surface area contributed by atoms with Crippen molar-refractivity contribution in [1.29, 1.82) is 0 Å². The zero-order valence-corrected chi connectivity index (χ0v) is 35.5. The van der Waals surface area contributed by atoms with Crippen molar-refractivity contribution in [3.63, 3.8) is 0 Å². The standard InChI is InChI=1S/C35H68O7SSi3/c1-15-46(16-2,17-3)39-24-23-31-30(27-43(36,37)29-21-19-18-20-22-29)33(38-10)32(41-31)25-28(42-45(13,14)35(7,8)9)26-40-44(11,12)34(4,5)6/h18-22,28,30-33H,15-17,23-27H2,1-14H3/t28-,30-,31?,32?,33+/m0/s1. The van der Waals surface area contributed by atoms with Crippen LogP contribution in [-0.2, 0) is 32.6 Å². The molecule has 0 aromatic heterocycles. The molecule has 0 amide bonds. The Morgan fingerprint density at radius 3 is 1.85 bits per heavy atom. The van der Waals surface area contributed by atoms with Crippen molar-refractivity contribution < 1.29 is 31.2 Å². The van der Waals surface area contributed by atoms with Crippen molar-refractivity contribution in [1.82, 2.24) is 0 Å². The summed E-state index contributed by atoms with van der Waals surface area (Å²) < 4.78 is 60.9. The van der Waals surface area contributed by atoms with E-state index in [1.165, 1.54) is 0 Å². The number of benzene rings is 1. The first-order valence-corrected chi connectivity index (χ1v) is 27.5. The molecule has 0 saturated carbocycles. The Bertz CT molecular complexity index is 1150. The molecular weight excluding hydrogens is 649 g/mol. The summed E-state index contributed by atoms with van der Waals surface area (Å²) in [6, 6.07) is 11.9. The molecular formula is C35H68O7SSi3. The number of hydrogen-bond acceptors (Lipinski definition) is 7. The highest BCUT2D eigenvalue weighted by molar-refractivity contribution is 7.91. The van der Waals surface area contributed by atoms with Crippen molar-refractivity contribution >= 4 is 34.8 Å². The lowest BCUT2D eigenvalue weighted by molar-refractivity contribution is -0.0393. The fraction of sp³-hybridized carbons (Fsp3) is 0.829. The summed E-state index contributed by atoms with van der Waals surface area (Å²) in [5, 5.41) is 0.100. The smallest absolute Gasteiger partial charge is 0.192 e. The largest absolute Gasteiger partial charge is 0.417 e. The summed E-state index contributed by atoms with van der Waals surface area (Å²) in [7, 11) is -7.89. The minimum absolute atomic E-state index is 0.0276. The molecule has 0 aliphatic carbocycles. The van der Waals surface area contributed by atoms with E-state index in [1.54, 1.807) is 31.4 Å². The van der Waals surface area contributed by atoms with Crippen LogP contribution >= 0.6 is 0 Å². The van der Waals surface area contributed by atoms with E-state index in [9.17, 15) is 8.42 Å². The molecule has 1 aromatic carbocycles. The molecule has 0 spiro atoms. The minimum atomic E-state index is -3.57. The fourth-order valence-electron chi connectivity index (χ4n) is 5.84. The van der Waals surface area contributed by atoms with Gasteiger partial charge in [0.15, 0.2) is 34.8 Å². The third kappa shape index (κ3) is 10.8. The zero-order valence-electron chi connectivity index (χ0n) is 31.7. The maximum Gasteiger partial charge on any atom is 0.192 e. The van der Waals surface area contributed by atoms with Gasteiger partial charge >= 0.3 is 0 Å². The highest BCUT2D eigenvalue weighted by atomic mass is 32.2. The van der Waals surface area contributed by atoms with E-state index in [1.807, 2.05) is 6.07 Å². The van der Waals surface area contributed by atoms with Crippen molar-refractivity contribution in [3.05, 3.63) is 30.3 Å². The second kappa shape index (κ2) is 16.6. The van der Waals surface area contributed by atoms with Gasteiger partial charge in [-0.2, -0.15) is 0 Å². The number of methoxy groups -OCH3 is 1. The molecule has 1 heterocycles. The molecule has 1 aromatic rings. The predicted molar refractivity (Wildman–Crippen MR) is 199 cm³/mol. The van der Waals surface area contributed by atoms with E-state index in [2.05, 4.69) is 88.5 Å². The van der Waals surface area contributed by atoms with Gasteiger partial charge in [-0.05, 0) is 73.0 Å². The van der Waals surface area contributed by atoms with Crippen molar-refractivity contribution in [3.8, 4) is 0 Å². The molecule has 0 radical (unpaired) electrons.